The van der Waals surface area contributed by atoms with E-state index in [9.17, 15) is 5.11 Å². The van der Waals surface area contributed by atoms with Crippen LogP contribution in [0, 0.1) is 6.92 Å². The van der Waals surface area contributed by atoms with Gasteiger partial charge in [0.1, 0.15) is 5.82 Å². The van der Waals surface area contributed by atoms with E-state index in [0.29, 0.717) is 6.04 Å². The van der Waals surface area contributed by atoms with Gasteiger partial charge in [-0.05, 0) is 32.2 Å². The zero-order valence-corrected chi connectivity index (χ0v) is 12.7. The lowest BCUT2D eigenvalue weighted by Crippen LogP contribution is -2.32. The van der Waals surface area contributed by atoms with Crippen molar-refractivity contribution in [2.24, 2.45) is 7.05 Å². The smallest absolute Gasteiger partial charge is 0.132 e. The summed E-state index contributed by atoms with van der Waals surface area (Å²) in [6.07, 6.45) is 0. The summed E-state index contributed by atoms with van der Waals surface area (Å²) in [6, 6.07) is 4.56. The van der Waals surface area contributed by atoms with Crippen molar-refractivity contribution in [1.29, 1.82) is 0 Å². The van der Waals surface area contributed by atoms with Gasteiger partial charge in [0.2, 0.25) is 0 Å². The van der Waals surface area contributed by atoms with Gasteiger partial charge in [-0.15, -0.1) is 11.3 Å². The highest BCUT2D eigenvalue weighted by Crippen LogP contribution is 2.27. The van der Waals surface area contributed by atoms with Crippen LogP contribution in [0.1, 0.15) is 30.0 Å². The first-order chi connectivity index (χ1) is 9.04. The van der Waals surface area contributed by atoms with E-state index < -0.39 is 0 Å². The van der Waals surface area contributed by atoms with Crippen LogP contribution in [0.2, 0.25) is 0 Å². The van der Waals surface area contributed by atoms with E-state index in [1.807, 2.05) is 18.7 Å². The summed E-state index contributed by atoms with van der Waals surface area (Å²) in [7, 11) is 1.94. The Morgan fingerprint density at radius 1 is 1.47 bits per heavy atom. The number of aliphatic hydroxyl groups excluding tert-OH is 1. The van der Waals surface area contributed by atoms with Gasteiger partial charge in [0.15, 0.2) is 0 Å². The van der Waals surface area contributed by atoms with Crippen molar-refractivity contribution in [1.82, 2.24) is 9.78 Å². The van der Waals surface area contributed by atoms with Crippen molar-refractivity contribution in [3.05, 3.63) is 33.6 Å². The van der Waals surface area contributed by atoms with E-state index in [1.54, 1.807) is 11.3 Å². The normalized spacial score (nSPS) is 11.3. The van der Waals surface area contributed by atoms with Gasteiger partial charge in [-0.3, -0.25) is 4.68 Å². The van der Waals surface area contributed by atoms with E-state index in [2.05, 4.69) is 41.4 Å². The largest absolute Gasteiger partial charge is 0.391 e. The average Bonchev–Trinajstić information content (AvgIpc) is 2.93. The molecule has 0 unspecified atom stereocenters. The van der Waals surface area contributed by atoms with Gasteiger partial charge in [0.25, 0.3) is 0 Å². The number of rotatable bonds is 5. The fraction of sp³-hybridized carbons (Fsp3) is 0.500. The molecule has 0 spiro atoms. The predicted molar refractivity (Wildman–Crippen MR) is 79.5 cm³/mol. The SMILES string of the molecule is Cc1nn(C)c(N(Cc2cccs2)C(C)C)c1CO. The average molecular weight is 279 g/mol. The third-order valence-electron chi connectivity index (χ3n) is 3.27. The molecule has 0 atom stereocenters. The van der Waals surface area contributed by atoms with Gasteiger partial charge in [-0.25, -0.2) is 0 Å². The minimum atomic E-state index is 0.0304. The lowest BCUT2D eigenvalue weighted by atomic mass is 10.2. The number of nitrogens with zero attached hydrogens (tertiary/aromatic N) is 3. The molecule has 0 saturated carbocycles. The molecule has 0 amide bonds. The summed E-state index contributed by atoms with van der Waals surface area (Å²) >= 11 is 1.76. The maximum atomic E-state index is 9.59. The van der Waals surface area contributed by atoms with E-state index in [4.69, 9.17) is 0 Å². The zero-order valence-electron chi connectivity index (χ0n) is 11.9. The van der Waals surface area contributed by atoms with Crippen LogP contribution in [0.3, 0.4) is 0 Å². The minimum Gasteiger partial charge on any atom is -0.391 e. The fourth-order valence-electron chi connectivity index (χ4n) is 2.31. The highest BCUT2D eigenvalue weighted by Gasteiger charge is 2.21. The van der Waals surface area contributed by atoms with E-state index in [0.717, 1.165) is 23.6 Å². The second kappa shape index (κ2) is 5.75. The molecule has 0 aromatic carbocycles. The van der Waals surface area contributed by atoms with Crippen LogP contribution < -0.4 is 4.90 Å². The molecule has 0 radical (unpaired) electrons. The number of anilines is 1. The molecule has 1 N–H and O–H groups in total. The molecule has 104 valence electrons. The maximum absolute atomic E-state index is 9.59. The molecule has 2 aromatic heterocycles. The highest BCUT2D eigenvalue weighted by atomic mass is 32.1. The summed E-state index contributed by atoms with van der Waals surface area (Å²) in [5, 5.41) is 16.1. The molecule has 2 aromatic rings. The summed E-state index contributed by atoms with van der Waals surface area (Å²) in [5.41, 5.74) is 1.82. The predicted octanol–water partition coefficient (Wildman–Crippen LogP) is 2.70. The standard InChI is InChI=1S/C14H21N3OS/c1-10(2)17(8-12-6-5-7-19-12)14-13(9-18)11(3)15-16(14)4/h5-7,10,18H,8-9H2,1-4H3. The molecule has 0 aliphatic rings. The van der Waals surface area contributed by atoms with E-state index in [1.165, 1.54) is 4.88 Å². The van der Waals surface area contributed by atoms with Gasteiger partial charge in [0, 0.05) is 23.5 Å². The number of aromatic nitrogens is 2. The number of thiophene rings is 1. The van der Waals surface area contributed by atoms with E-state index >= 15 is 0 Å². The molecule has 2 heterocycles. The first-order valence-corrected chi connectivity index (χ1v) is 7.35. The zero-order chi connectivity index (χ0) is 14.0. The second-order valence-electron chi connectivity index (χ2n) is 4.97. The van der Waals surface area contributed by atoms with Crippen molar-refractivity contribution >= 4 is 17.2 Å². The number of aryl methyl sites for hydroxylation is 2. The van der Waals surface area contributed by atoms with Crippen LogP contribution >= 0.6 is 11.3 Å². The maximum Gasteiger partial charge on any atom is 0.132 e. The fourth-order valence-corrected chi connectivity index (χ4v) is 3.01. The molecule has 2 rings (SSSR count). The molecule has 0 fully saturated rings. The van der Waals surface area contributed by atoms with Gasteiger partial charge in [-0.1, -0.05) is 6.07 Å². The van der Waals surface area contributed by atoms with Gasteiger partial charge >= 0.3 is 0 Å². The number of hydrogen-bond donors (Lipinski definition) is 1. The van der Waals surface area contributed by atoms with Crippen molar-refractivity contribution in [3.8, 4) is 0 Å². The van der Waals surface area contributed by atoms with Gasteiger partial charge in [0.05, 0.1) is 18.8 Å². The summed E-state index contributed by atoms with van der Waals surface area (Å²) in [4.78, 5) is 3.61. The Balaban J connectivity index is 2.39. The van der Waals surface area contributed by atoms with Crippen molar-refractivity contribution in [2.75, 3.05) is 4.90 Å². The number of hydrogen-bond acceptors (Lipinski definition) is 4. The lowest BCUT2D eigenvalue weighted by Gasteiger charge is -2.29. The Hall–Kier alpha value is -1.33. The van der Waals surface area contributed by atoms with Crippen LogP contribution in [0.25, 0.3) is 0 Å². The van der Waals surface area contributed by atoms with Crippen LogP contribution in [-0.2, 0) is 20.2 Å². The van der Waals surface area contributed by atoms with Crippen molar-refractivity contribution < 1.29 is 5.11 Å². The van der Waals surface area contributed by atoms with Gasteiger partial charge < -0.3 is 10.0 Å². The Bertz CT molecular complexity index is 531. The Labute approximate surface area is 118 Å². The number of aliphatic hydroxyl groups is 1. The Kier molecular flexibility index (Phi) is 4.27. The summed E-state index contributed by atoms with van der Waals surface area (Å²) < 4.78 is 1.87. The molecule has 0 saturated heterocycles. The monoisotopic (exact) mass is 279 g/mol. The Morgan fingerprint density at radius 2 is 2.21 bits per heavy atom. The van der Waals surface area contributed by atoms with Crippen LogP contribution in [-0.4, -0.2) is 20.9 Å². The first-order valence-electron chi connectivity index (χ1n) is 6.47. The van der Waals surface area contributed by atoms with E-state index in [-0.39, 0.29) is 6.61 Å². The molecular formula is C14H21N3OS. The second-order valence-corrected chi connectivity index (χ2v) is 6.00. The summed E-state index contributed by atoms with van der Waals surface area (Å²) in [6.45, 7) is 7.15. The quantitative estimate of drug-likeness (QED) is 0.915. The Morgan fingerprint density at radius 3 is 2.74 bits per heavy atom. The van der Waals surface area contributed by atoms with Crippen molar-refractivity contribution in [3.63, 3.8) is 0 Å². The third-order valence-corrected chi connectivity index (χ3v) is 4.13. The molecule has 4 nitrogen and oxygen atoms in total. The van der Waals surface area contributed by atoms with Crippen LogP contribution in [0.15, 0.2) is 17.5 Å². The molecule has 19 heavy (non-hydrogen) atoms. The first kappa shape index (κ1) is 14.1. The molecule has 0 aliphatic heterocycles. The third kappa shape index (κ3) is 2.82. The molecule has 0 bridgehead atoms. The van der Waals surface area contributed by atoms with Crippen LogP contribution in [0.5, 0.6) is 0 Å². The lowest BCUT2D eigenvalue weighted by molar-refractivity contribution is 0.281. The molecule has 5 heteroatoms. The van der Waals surface area contributed by atoms with Crippen LogP contribution in [0.4, 0.5) is 5.82 Å². The van der Waals surface area contributed by atoms with Crippen molar-refractivity contribution in [2.45, 2.75) is 40.0 Å². The topological polar surface area (TPSA) is 41.3 Å². The molecule has 0 aliphatic carbocycles. The van der Waals surface area contributed by atoms with Gasteiger partial charge in [-0.2, -0.15) is 5.10 Å². The minimum absolute atomic E-state index is 0.0304. The summed E-state index contributed by atoms with van der Waals surface area (Å²) in [5.74, 6) is 1.02. The highest BCUT2D eigenvalue weighted by molar-refractivity contribution is 7.09. The molecular weight excluding hydrogens is 258 g/mol.